The molecule has 0 heterocycles. The SMILES string of the molecule is [K+].[O-]c1ccc(C(F)(F)F)cc1Cl. The first kappa shape index (κ1) is 13.7. The molecule has 1 aromatic rings. The zero-order chi connectivity index (χ0) is 9.35. The van der Waals surface area contributed by atoms with Crippen molar-refractivity contribution in [1.82, 2.24) is 0 Å². The van der Waals surface area contributed by atoms with Crippen molar-refractivity contribution < 1.29 is 69.7 Å². The minimum atomic E-state index is -4.45. The summed E-state index contributed by atoms with van der Waals surface area (Å²) < 4.78 is 35.8. The van der Waals surface area contributed by atoms with Gasteiger partial charge in [-0.2, -0.15) is 13.2 Å². The third kappa shape index (κ3) is 3.77. The zero-order valence-corrected chi connectivity index (χ0v) is 10.5. The van der Waals surface area contributed by atoms with Gasteiger partial charge in [0.2, 0.25) is 0 Å². The Labute approximate surface area is 120 Å². The first-order chi connectivity index (χ1) is 5.41. The van der Waals surface area contributed by atoms with Crippen molar-refractivity contribution in [1.29, 1.82) is 0 Å². The van der Waals surface area contributed by atoms with Crippen LogP contribution in [-0.2, 0) is 6.18 Å². The number of hydrogen-bond acceptors (Lipinski definition) is 1. The molecule has 0 aromatic heterocycles. The Morgan fingerprint density at radius 1 is 1.23 bits per heavy atom. The van der Waals surface area contributed by atoms with E-state index in [-0.39, 0.29) is 51.4 Å². The van der Waals surface area contributed by atoms with Gasteiger partial charge in [0.15, 0.2) is 0 Å². The monoisotopic (exact) mass is 234 g/mol. The van der Waals surface area contributed by atoms with Crippen LogP contribution in [0.15, 0.2) is 18.2 Å². The fourth-order valence-electron chi connectivity index (χ4n) is 0.677. The summed E-state index contributed by atoms with van der Waals surface area (Å²) >= 11 is 5.21. The van der Waals surface area contributed by atoms with Crippen molar-refractivity contribution in [2.75, 3.05) is 0 Å². The molecule has 0 amide bonds. The second kappa shape index (κ2) is 5.00. The average molecular weight is 235 g/mol. The molecule has 0 spiro atoms. The quantitative estimate of drug-likeness (QED) is 0.552. The van der Waals surface area contributed by atoms with Gasteiger partial charge < -0.3 is 5.11 Å². The normalized spacial score (nSPS) is 10.8. The zero-order valence-electron chi connectivity index (χ0n) is 6.65. The van der Waals surface area contributed by atoms with Gasteiger partial charge in [-0.25, -0.2) is 0 Å². The van der Waals surface area contributed by atoms with Gasteiger partial charge in [-0.05, 0) is 6.07 Å². The Bertz CT molecular complexity index is 300. The summed E-state index contributed by atoms with van der Waals surface area (Å²) in [7, 11) is 0. The first-order valence-corrected chi connectivity index (χ1v) is 3.33. The molecule has 66 valence electrons. The van der Waals surface area contributed by atoms with Crippen molar-refractivity contribution in [2.24, 2.45) is 0 Å². The Balaban J connectivity index is 0.00000144. The van der Waals surface area contributed by atoms with Gasteiger partial charge >= 0.3 is 57.6 Å². The number of rotatable bonds is 0. The molecule has 0 saturated heterocycles. The van der Waals surface area contributed by atoms with E-state index < -0.39 is 22.5 Å². The van der Waals surface area contributed by atoms with Crippen molar-refractivity contribution in [3.63, 3.8) is 0 Å². The molecule has 0 atom stereocenters. The van der Waals surface area contributed by atoms with Crippen LogP contribution in [-0.4, -0.2) is 0 Å². The maximum absolute atomic E-state index is 11.9. The molecule has 0 unspecified atom stereocenters. The molecule has 1 rings (SSSR count). The van der Waals surface area contributed by atoms with E-state index >= 15 is 0 Å². The van der Waals surface area contributed by atoms with Gasteiger partial charge in [0, 0.05) is 5.02 Å². The van der Waals surface area contributed by atoms with E-state index in [2.05, 4.69) is 0 Å². The third-order valence-electron chi connectivity index (χ3n) is 1.26. The van der Waals surface area contributed by atoms with E-state index in [0.29, 0.717) is 12.1 Å². The molecular formula is C7H3ClF3KO. The maximum Gasteiger partial charge on any atom is 1.00 e. The van der Waals surface area contributed by atoms with E-state index in [4.69, 9.17) is 11.6 Å². The van der Waals surface area contributed by atoms with Crippen LogP contribution in [0.25, 0.3) is 0 Å². The molecule has 0 aliphatic rings. The molecule has 0 aliphatic carbocycles. The smallest absolute Gasteiger partial charge is 0.871 e. The molecule has 1 aromatic carbocycles. The summed E-state index contributed by atoms with van der Waals surface area (Å²) in [4.78, 5) is 0. The van der Waals surface area contributed by atoms with Gasteiger partial charge in [-0.15, -0.1) is 0 Å². The topological polar surface area (TPSA) is 23.1 Å². The van der Waals surface area contributed by atoms with Gasteiger partial charge in [-0.3, -0.25) is 0 Å². The van der Waals surface area contributed by atoms with Crippen molar-refractivity contribution >= 4 is 11.6 Å². The van der Waals surface area contributed by atoms with Crippen LogP contribution in [0.5, 0.6) is 5.75 Å². The number of halogens is 4. The largest absolute Gasteiger partial charge is 1.00 e. The first-order valence-electron chi connectivity index (χ1n) is 2.95. The second-order valence-corrected chi connectivity index (χ2v) is 2.55. The summed E-state index contributed by atoms with van der Waals surface area (Å²) in [6.07, 6.45) is -4.45. The molecule has 6 heteroatoms. The molecule has 0 N–H and O–H groups in total. The summed E-state index contributed by atoms with van der Waals surface area (Å²) in [6.45, 7) is 0. The van der Waals surface area contributed by atoms with Crippen molar-refractivity contribution in [3.05, 3.63) is 28.8 Å². The molecule has 0 radical (unpaired) electrons. The molecule has 0 saturated carbocycles. The molecule has 0 fully saturated rings. The summed E-state index contributed by atoms with van der Waals surface area (Å²) in [6, 6.07) is 2.11. The maximum atomic E-state index is 11.9. The number of hydrogen-bond donors (Lipinski definition) is 0. The Morgan fingerprint density at radius 2 is 1.77 bits per heavy atom. The van der Waals surface area contributed by atoms with Crippen LogP contribution >= 0.6 is 11.6 Å². The van der Waals surface area contributed by atoms with Crippen LogP contribution < -0.4 is 56.5 Å². The molecule has 13 heavy (non-hydrogen) atoms. The number of alkyl halides is 3. The number of benzene rings is 1. The predicted molar refractivity (Wildman–Crippen MR) is 35.9 cm³/mol. The van der Waals surface area contributed by atoms with Gasteiger partial charge in [0.05, 0.1) is 5.56 Å². The van der Waals surface area contributed by atoms with Crippen LogP contribution in [0, 0.1) is 0 Å². The predicted octanol–water partition coefficient (Wildman–Crippen LogP) is -0.564. The van der Waals surface area contributed by atoms with E-state index in [1.807, 2.05) is 0 Å². The van der Waals surface area contributed by atoms with Gasteiger partial charge in [0.25, 0.3) is 0 Å². The van der Waals surface area contributed by atoms with E-state index in [9.17, 15) is 18.3 Å². The minimum absolute atomic E-state index is 0. The second-order valence-electron chi connectivity index (χ2n) is 2.14. The van der Waals surface area contributed by atoms with Crippen LogP contribution in [0.3, 0.4) is 0 Å². The fraction of sp³-hybridized carbons (Fsp3) is 0.143. The Kier molecular flexibility index (Phi) is 5.28. The van der Waals surface area contributed by atoms with Crippen molar-refractivity contribution in [3.8, 4) is 5.75 Å². The van der Waals surface area contributed by atoms with E-state index in [1.54, 1.807) is 0 Å². The summed E-state index contributed by atoms with van der Waals surface area (Å²) in [5.74, 6) is -0.607. The molecule has 0 aliphatic heterocycles. The third-order valence-corrected chi connectivity index (χ3v) is 1.55. The van der Waals surface area contributed by atoms with E-state index in [0.717, 1.165) is 6.07 Å². The fourth-order valence-corrected chi connectivity index (χ4v) is 0.858. The summed E-state index contributed by atoms with van der Waals surface area (Å²) in [5.41, 5.74) is -0.910. The summed E-state index contributed by atoms with van der Waals surface area (Å²) in [5, 5.41) is 10.2. The van der Waals surface area contributed by atoms with Gasteiger partial charge in [0.1, 0.15) is 0 Å². The Hall–Kier alpha value is 0.736. The molecule has 1 nitrogen and oxygen atoms in total. The molecule has 0 bridgehead atoms. The Morgan fingerprint density at radius 3 is 2.15 bits per heavy atom. The standard InChI is InChI=1S/C7H4ClF3O.K/c8-5-3-4(7(9,10)11)1-2-6(5)12;/h1-3,12H;/q;+1/p-1. The van der Waals surface area contributed by atoms with Crippen molar-refractivity contribution in [2.45, 2.75) is 6.18 Å². The van der Waals surface area contributed by atoms with Crippen LogP contribution in [0.4, 0.5) is 13.2 Å². The van der Waals surface area contributed by atoms with Gasteiger partial charge in [-0.1, -0.05) is 29.5 Å². The minimum Gasteiger partial charge on any atom is -0.871 e. The molecular weight excluding hydrogens is 232 g/mol. The van der Waals surface area contributed by atoms with E-state index in [1.165, 1.54) is 0 Å². The average Bonchev–Trinajstić information content (AvgIpc) is 1.92. The van der Waals surface area contributed by atoms with Crippen LogP contribution in [0.1, 0.15) is 5.56 Å². The van der Waals surface area contributed by atoms with Crippen LogP contribution in [0.2, 0.25) is 5.02 Å².